The van der Waals surface area contributed by atoms with Crippen molar-refractivity contribution in [3.8, 4) is 23.1 Å². The van der Waals surface area contributed by atoms with E-state index in [0.717, 1.165) is 18.7 Å². The topological polar surface area (TPSA) is 76.3 Å². The average Bonchev–Trinajstić information content (AvgIpc) is 3.19. The second kappa shape index (κ2) is 5.63. The van der Waals surface area contributed by atoms with Gasteiger partial charge in [0.2, 0.25) is 5.88 Å². The van der Waals surface area contributed by atoms with Gasteiger partial charge in [0.15, 0.2) is 11.5 Å². The van der Waals surface area contributed by atoms with Gasteiger partial charge in [0.25, 0.3) is 0 Å². The first-order valence-electron chi connectivity index (χ1n) is 7.21. The van der Waals surface area contributed by atoms with Crippen LogP contribution in [0.1, 0.15) is 17.7 Å². The second-order valence-electron chi connectivity index (χ2n) is 5.36. The summed E-state index contributed by atoms with van der Waals surface area (Å²) in [7, 11) is 0. The van der Waals surface area contributed by atoms with E-state index >= 15 is 0 Å². The van der Waals surface area contributed by atoms with E-state index in [1.807, 2.05) is 29.8 Å². The summed E-state index contributed by atoms with van der Waals surface area (Å²) < 4.78 is 9.32. The lowest BCUT2D eigenvalue weighted by Gasteiger charge is -2.09. The molecule has 6 nitrogen and oxygen atoms in total. The number of furan rings is 1. The van der Waals surface area contributed by atoms with Gasteiger partial charge < -0.3 is 23.8 Å². The molecule has 3 aromatic rings. The van der Waals surface area contributed by atoms with Crippen molar-refractivity contribution >= 4 is 0 Å². The highest BCUT2D eigenvalue weighted by molar-refractivity contribution is 5.66. The van der Waals surface area contributed by atoms with Crippen molar-refractivity contribution in [1.29, 1.82) is 0 Å². The molecule has 0 fully saturated rings. The third-order valence-electron chi connectivity index (χ3n) is 3.78. The highest BCUT2D eigenvalue weighted by atomic mass is 16.3. The molecule has 6 heteroatoms. The fourth-order valence-corrected chi connectivity index (χ4v) is 2.64. The molecule has 0 radical (unpaired) electrons. The Labute approximate surface area is 128 Å². The van der Waals surface area contributed by atoms with E-state index in [2.05, 4.69) is 4.98 Å². The zero-order chi connectivity index (χ0) is 15.7. The Morgan fingerprint density at radius 3 is 2.64 bits per heavy atom. The Kier molecular flexibility index (Phi) is 3.66. The van der Waals surface area contributed by atoms with E-state index in [-0.39, 0.29) is 11.6 Å². The van der Waals surface area contributed by atoms with Crippen molar-refractivity contribution in [3.05, 3.63) is 42.2 Å². The lowest BCUT2D eigenvalue weighted by atomic mass is 10.2. The predicted octanol–water partition coefficient (Wildman–Crippen LogP) is 3.06. The van der Waals surface area contributed by atoms with Crippen molar-refractivity contribution in [2.45, 2.75) is 33.4 Å². The quantitative estimate of drug-likeness (QED) is 0.759. The Morgan fingerprint density at radius 2 is 2.00 bits per heavy atom. The molecule has 0 saturated carbocycles. The van der Waals surface area contributed by atoms with Crippen molar-refractivity contribution < 1.29 is 14.6 Å². The van der Waals surface area contributed by atoms with Crippen LogP contribution >= 0.6 is 0 Å². The van der Waals surface area contributed by atoms with Crippen LogP contribution in [-0.2, 0) is 13.1 Å². The largest absolute Gasteiger partial charge is 0.503 e. The van der Waals surface area contributed by atoms with Gasteiger partial charge in [-0.2, -0.15) is 0 Å². The third-order valence-corrected chi connectivity index (χ3v) is 3.78. The van der Waals surface area contributed by atoms with Crippen LogP contribution < -0.4 is 0 Å². The molecule has 2 N–H and O–H groups in total. The van der Waals surface area contributed by atoms with Gasteiger partial charge in [0.05, 0.1) is 12.0 Å². The van der Waals surface area contributed by atoms with E-state index in [1.165, 1.54) is 0 Å². The van der Waals surface area contributed by atoms with Crippen molar-refractivity contribution in [2.24, 2.45) is 0 Å². The van der Waals surface area contributed by atoms with Gasteiger partial charge in [-0.3, -0.25) is 0 Å². The predicted molar refractivity (Wildman–Crippen MR) is 81.8 cm³/mol. The van der Waals surface area contributed by atoms with Crippen LogP contribution in [0.4, 0.5) is 0 Å². The van der Waals surface area contributed by atoms with Crippen LogP contribution in [0.5, 0.6) is 11.6 Å². The molecule has 0 amide bonds. The van der Waals surface area contributed by atoms with Crippen LogP contribution in [-0.4, -0.2) is 24.3 Å². The first-order chi connectivity index (χ1) is 10.6. The summed E-state index contributed by atoms with van der Waals surface area (Å²) in [5, 5.41) is 20.2. The lowest BCUT2D eigenvalue weighted by molar-refractivity contribution is 0.367. The van der Waals surface area contributed by atoms with Crippen molar-refractivity contribution in [2.75, 3.05) is 0 Å². The Hall–Kier alpha value is -2.63. The van der Waals surface area contributed by atoms with Gasteiger partial charge in [-0.25, -0.2) is 4.98 Å². The summed E-state index contributed by atoms with van der Waals surface area (Å²) in [5.74, 6) is 1.23. The normalized spacial score (nSPS) is 11.2. The Bertz CT molecular complexity index is 769. The number of rotatable bonds is 5. The zero-order valence-corrected chi connectivity index (χ0v) is 12.7. The monoisotopic (exact) mass is 301 g/mol. The number of aryl methyl sites for hydroxylation is 2. The lowest BCUT2D eigenvalue weighted by Crippen LogP contribution is -2.04. The van der Waals surface area contributed by atoms with Crippen LogP contribution in [0, 0.1) is 13.8 Å². The molecular weight excluding hydrogens is 282 g/mol. The summed E-state index contributed by atoms with van der Waals surface area (Å²) in [6, 6.07) is 3.72. The van der Waals surface area contributed by atoms with Gasteiger partial charge >= 0.3 is 0 Å². The van der Waals surface area contributed by atoms with Gasteiger partial charge in [-0.15, -0.1) is 0 Å². The van der Waals surface area contributed by atoms with Crippen LogP contribution in [0.3, 0.4) is 0 Å². The zero-order valence-electron chi connectivity index (χ0n) is 12.7. The number of nitrogens with zero attached hydrogens (tertiary/aromatic N) is 3. The summed E-state index contributed by atoms with van der Waals surface area (Å²) in [6.07, 6.45) is 6.19. The minimum atomic E-state index is -0.118. The van der Waals surface area contributed by atoms with E-state index in [9.17, 15) is 10.2 Å². The summed E-state index contributed by atoms with van der Waals surface area (Å²) in [5.41, 5.74) is 1.34. The minimum absolute atomic E-state index is 0.0910. The molecule has 0 spiro atoms. The standard InChI is InChI=1S/C16H19N3O3/c1-11-4-5-13(22-11)14-12(2)15(20)16(21)19(14)8-3-7-18-9-6-17-10-18/h4-6,9-10,20-21H,3,7-8H2,1-2H3. The maximum absolute atomic E-state index is 10.2. The van der Waals surface area contributed by atoms with Gasteiger partial charge in [-0.1, -0.05) is 0 Å². The molecule has 0 unspecified atom stereocenters. The second-order valence-corrected chi connectivity index (χ2v) is 5.36. The number of aromatic nitrogens is 3. The number of imidazole rings is 1. The molecule has 0 aliphatic heterocycles. The first-order valence-corrected chi connectivity index (χ1v) is 7.21. The number of hydrogen-bond acceptors (Lipinski definition) is 4. The van der Waals surface area contributed by atoms with Crippen molar-refractivity contribution in [3.63, 3.8) is 0 Å². The fraction of sp³-hybridized carbons (Fsp3) is 0.312. The number of aromatic hydroxyl groups is 2. The van der Waals surface area contributed by atoms with Crippen molar-refractivity contribution in [1.82, 2.24) is 14.1 Å². The molecule has 0 saturated heterocycles. The highest BCUT2D eigenvalue weighted by Crippen LogP contribution is 2.40. The minimum Gasteiger partial charge on any atom is -0.503 e. The summed E-state index contributed by atoms with van der Waals surface area (Å²) in [4.78, 5) is 4.00. The molecule has 0 bridgehead atoms. The van der Waals surface area contributed by atoms with E-state index in [0.29, 0.717) is 23.6 Å². The Morgan fingerprint density at radius 1 is 1.18 bits per heavy atom. The molecule has 0 aliphatic rings. The molecule has 3 rings (SSSR count). The van der Waals surface area contributed by atoms with E-state index in [4.69, 9.17) is 4.42 Å². The molecule has 0 aliphatic carbocycles. The van der Waals surface area contributed by atoms with E-state index < -0.39 is 0 Å². The van der Waals surface area contributed by atoms with Gasteiger partial charge in [0.1, 0.15) is 5.76 Å². The van der Waals surface area contributed by atoms with E-state index in [1.54, 1.807) is 24.0 Å². The highest BCUT2D eigenvalue weighted by Gasteiger charge is 2.22. The molecule has 0 atom stereocenters. The summed E-state index contributed by atoms with van der Waals surface area (Å²) in [6.45, 7) is 4.99. The van der Waals surface area contributed by atoms with Crippen LogP contribution in [0.25, 0.3) is 11.5 Å². The molecule has 3 heterocycles. The Balaban J connectivity index is 1.87. The molecule has 0 aromatic carbocycles. The maximum Gasteiger partial charge on any atom is 0.235 e. The van der Waals surface area contributed by atoms with Gasteiger partial charge in [-0.05, 0) is 32.4 Å². The maximum atomic E-state index is 10.2. The molecule has 3 aromatic heterocycles. The van der Waals surface area contributed by atoms with Crippen LogP contribution in [0.15, 0.2) is 35.3 Å². The first kappa shape index (κ1) is 14.3. The SMILES string of the molecule is Cc1ccc(-c2c(C)c(O)c(O)n2CCCn2ccnc2)o1. The molecular formula is C16H19N3O3. The average molecular weight is 301 g/mol. The molecule has 116 valence electrons. The third kappa shape index (κ3) is 2.47. The molecule has 22 heavy (non-hydrogen) atoms. The summed E-state index contributed by atoms with van der Waals surface area (Å²) >= 11 is 0. The number of hydrogen-bond donors (Lipinski definition) is 2. The van der Waals surface area contributed by atoms with Crippen LogP contribution in [0.2, 0.25) is 0 Å². The fourth-order valence-electron chi connectivity index (χ4n) is 2.64. The van der Waals surface area contributed by atoms with Gasteiger partial charge in [0, 0.05) is 31.0 Å². The smallest absolute Gasteiger partial charge is 0.235 e.